The topological polar surface area (TPSA) is 33.9 Å². The summed E-state index contributed by atoms with van der Waals surface area (Å²) >= 11 is 0. The zero-order chi connectivity index (χ0) is 29.5. The van der Waals surface area contributed by atoms with Crippen LogP contribution in [0, 0.1) is 0 Å². The number of benzene rings is 7. The predicted molar refractivity (Wildman–Crippen MR) is 188 cm³/mol. The molecular weight excluding hydrogens is 548 g/mol. The van der Waals surface area contributed by atoms with Crippen LogP contribution < -0.4 is 0 Å². The molecule has 0 bridgehead atoms. The number of aromatic nitrogens is 2. The quantitative estimate of drug-likeness (QED) is 0.224. The highest BCUT2D eigenvalue weighted by atomic mass is 16.3. The standard InChI is InChI=1S/C42H26N2O/c1-2-12-26(13-3-1)28-14-4-5-15-29(28)35-22-27(23-36-32-18-8-11-21-41(32)45-42(35)36)44-39-20-10-7-17-31(39)34-24-33-30-16-6-9-19-37(30)43-38(33)25-40(34)44/h1-25,43H. The third-order valence-electron chi connectivity index (χ3n) is 9.32. The molecule has 0 aliphatic heterocycles. The number of nitrogens with zero attached hydrogens (tertiary/aromatic N) is 1. The summed E-state index contributed by atoms with van der Waals surface area (Å²) in [5.41, 5.74) is 12.1. The SMILES string of the molecule is c1ccc(-c2ccccc2-c2cc(-n3c4ccccc4c4cc5c(cc43)[nH]c3ccccc35)cc3c2oc2ccccc23)cc1. The summed E-state index contributed by atoms with van der Waals surface area (Å²) in [6.45, 7) is 0. The molecule has 0 unspecified atom stereocenters. The Hall–Kier alpha value is -6.06. The summed E-state index contributed by atoms with van der Waals surface area (Å²) in [5, 5.41) is 7.20. The van der Waals surface area contributed by atoms with Crippen molar-refractivity contribution < 1.29 is 4.42 Å². The van der Waals surface area contributed by atoms with Gasteiger partial charge in [0.05, 0.1) is 11.0 Å². The lowest BCUT2D eigenvalue weighted by Gasteiger charge is -2.14. The molecular formula is C42H26N2O. The van der Waals surface area contributed by atoms with Crippen LogP contribution in [0.1, 0.15) is 0 Å². The van der Waals surface area contributed by atoms with E-state index in [1.807, 2.05) is 6.07 Å². The number of H-pyrrole nitrogens is 1. The third-order valence-corrected chi connectivity index (χ3v) is 9.32. The number of furan rings is 1. The highest BCUT2D eigenvalue weighted by Gasteiger charge is 2.20. The summed E-state index contributed by atoms with van der Waals surface area (Å²) in [4.78, 5) is 3.68. The second kappa shape index (κ2) is 9.22. The second-order valence-corrected chi connectivity index (χ2v) is 11.8. The lowest BCUT2D eigenvalue weighted by atomic mass is 9.93. The molecule has 10 aromatic rings. The van der Waals surface area contributed by atoms with Crippen LogP contribution in [0.15, 0.2) is 156 Å². The zero-order valence-electron chi connectivity index (χ0n) is 24.3. The molecule has 0 saturated carbocycles. The second-order valence-electron chi connectivity index (χ2n) is 11.8. The van der Waals surface area contributed by atoms with Gasteiger partial charge in [0, 0.05) is 54.6 Å². The van der Waals surface area contributed by atoms with Gasteiger partial charge in [-0.05, 0) is 59.2 Å². The molecule has 0 spiro atoms. The summed E-state index contributed by atoms with van der Waals surface area (Å²) in [7, 11) is 0. The van der Waals surface area contributed by atoms with E-state index in [2.05, 4.69) is 155 Å². The van der Waals surface area contributed by atoms with Gasteiger partial charge in [-0.1, -0.05) is 109 Å². The molecule has 210 valence electrons. The van der Waals surface area contributed by atoms with Crippen LogP contribution in [-0.2, 0) is 0 Å². The minimum absolute atomic E-state index is 0.894. The lowest BCUT2D eigenvalue weighted by molar-refractivity contribution is 0.670. The molecule has 3 aromatic heterocycles. The number of nitrogens with one attached hydrogen (secondary N) is 1. The minimum Gasteiger partial charge on any atom is -0.455 e. The van der Waals surface area contributed by atoms with E-state index in [1.54, 1.807) is 0 Å². The molecule has 0 fully saturated rings. The van der Waals surface area contributed by atoms with Crippen LogP contribution in [0.4, 0.5) is 0 Å². The predicted octanol–water partition coefficient (Wildman–Crippen LogP) is 11.7. The maximum absolute atomic E-state index is 6.65. The fraction of sp³-hybridized carbons (Fsp3) is 0. The van der Waals surface area contributed by atoms with E-state index in [4.69, 9.17) is 4.42 Å². The van der Waals surface area contributed by atoms with Crippen molar-refractivity contribution in [1.29, 1.82) is 0 Å². The molecule has 0 saturated heterocycles. The third kappa shape index (κ3) is 3.52. The number of rotatable bonds is 3. The molecule has 1 N–H and O–H groups in total. The molecule has 3 nitrogen and oxygen atoms in total. The van der Waals surface area contributed by atoms with E-state index in [1.165, 1.54) is 43.7 Å². The number of hydrogen-bond donors (Lipinski definition) is 1. The van der Waals surface area contributed by atoms with E-state index in [0.29, 0.717) is 0 Å². The first-order chi connectivity index (χ1) is 22.3. The van der Waals surface area contributed by atoms with E-state index < -0.39 is 0 Å². The number of aromatic amines is 1. The molecule has 0 amide bonds. The van der Waals surface area contributed by atoms with E-state index in [9.17, 15) is 0 Å². The van der Waals surface area contributed by atoms with Gasteiger partial charge in [-0.25, -0.2) is 0 Å². The van der Waals surface area contributed by atoms with Crippen molar-refractivity contribution in [2.24, 2.45) is 0 Å². The van der Waals surface area contributed by atoms with Crippen LogP contribution in [-0.4, -0.2) is 9.55 Å². The van der Waals surface area contributed by atoms with Crippen molar-refractivity contribution in [3.8, 4) is 27.9 Å². The Morgan fingerprint density at radius 2 is 1.13 bits per heavy atom. The van der Waals surface area contributed by atoms with Crippen molar-refractivity contribution in [1.82, 2.24) is 9.55 Å². The highest BCUT2D eigenvalue weighted by molar-refractivity contribution is 6.19. The van der Waals surface area contributed by atoms with Gasteiger partial charge in [-0.15, -0.1) is 0 Å². The van der Waals surface area contributed by atoms with Crippen LogP contribution in [0.25, 0.3) is 93.5 Å². The van der Waals surface area contributed by atoms with E-state index in [-0.39, 0.29) is 0 Å². The Kier molecular flexibility index (Phi) is 5.00. The van der Waals surface area contributed by atoms with Gasteiger partial charge in [0.15, 0.2) is 0 Å². The summed E-state index contributed by atoms with van der Waals surface area (Å²) in [5.74, 6) is 0. The van der Waals surface area contributed by atoms with Gasteiger partial charge in [-0.3, -0.25) is 0 Å². The minimum atomic E-state index is 0.894. The van der Waals surface area contributed by atoms with Gasteiger partial charge < -0.3 is 14.0 Å². The first-order valence-electron chi connectivity index (χ1n) is 15.4. The van der Waals surface area contributed by atoms with Crippen LogP contribution in [0.3, 0.4) is 0 Å². The Morgan fingerprint density at radius 3 is 2.02 bits per heavy atom. The van der Waals surface area contributed by atoms with Crippen molar-refractivity contribution in [2.75, 3.05) is 0 Å². The molecule has 0 aliphatic rings. The van der Waals surface area contributed by atoms with E-state index >= 15 is 0 Å². The smallest absolute Gasteiger partial charge is 0.143 e. The molecule has 3 heteroatoms. The lowest BCUT2D eigenvalue weighted by Crippen LogP contribution is -1.96. The van der Waals surface area contributed by atoms with Gasteiger partial charge in [0.2, 0.25) is 0 Å². The molecule has 3 heterocycles. The summed E-state index contributed by atoms with van der Waals surface area (Å²) in [6.07, 6.45) is 0. The summed E-state index contributed by atoms with van der Waals surface area (Å²) < 4.78 is 9.08. The van der Waals surface area contributed by atoms with Gasteiger partial charge >= 0.3 is 0 Å². The van der Waals surface area contributed by atoms with Gasteiger partial charge in [-0.2, -0.15) is 0 Å². The Balaban J connectivity index is 1.34. The molecule has 7 aromatic carbocycles. The zero-order valence-corrected chi connectivity index (χ0v) is 24.3. The van der Waals surface area contributed by atoms with Crippen molar-refractivity contribution in [3.05, 3.63) is 152 Å². The summed E-state index contributed by atoms with van der Waals surface area (Å²) in [6, 6.07) is 54.2. The maximum atomic E-state index is 6.65. The molecule has 10 rings (SSSR count). The Morgan fingerprint density at radius 1 is 0.422 bits per heavy atom. The van der Waals surface area contributed by atoms with Crippen LogP contribution >= 0.6 is 0 Å². The first-order valence-corrected chi connectivity index (χ1v) is 15.4. The van der Waals surface area contributed by atoms with E-state index in [0.717, 1.165) is 49.8 Å². The number of fused-ring (bicyclic) bond motifs is 9. The largest absolute Gasteiger partial charge is 0.455 e. The molecule has 0 aliphatic carbocycles. The number of para-hydroxylation sites is 3. The number of hydrogen-bond acceptors (Lipinski definition) is 1. The fourth-order valence-corrected chi connectivity index (χ4v) is 7.32. The van der Waals surface area contributed by atoms with Crippen molar-refractivity contribution in [2.45, 2.75) is 0 Å². The maximum Gasteiger partial charge on any atom is 0.143 e. The molecule has 45 heavy (non-hydrogen) atoms. The monoisotopic (exact) mass is 574 g/mol. The highest BCUT2D eigenvalue weighted by Crippen LogP contribution is 2.43. The van der Waals surface area contributed by atoms with Gasteiger partial charge in [0.1, 0.15) is 11.2 Å². The average molecular weight is 575 g/mol. The first kappa shape index (κ1) is 24.4. The van der Waals surface area contributed by atoms with Crippen molar-refractivity contribution >= 4 is 65.6 Å². The van der Waals surface area contributed by atoms with Crippen molar-refractivity contribution in [3.63, 3.8) is 0 Å². The normalized spacial score (nSPS) is 12.0. The van der Waals surface area contributed by atoms with Crippen LogP contribution in [0.2, 0.25) is 0 Å². The Bertz CT molecular complexity index is 2760. The van der Waals surface area contributed by atoms with Crippen LogP contribution in [0.5, 0.6) is 0 Å². The fourth-order valence-electron chi connectivity index (χ4n) is 7.32. The molecule has 0 atom stereocenters. The van der Waals surface area contributed by atoms with Gasteiger partial charge in [0.25, 0.3) is 0 Å². The molecule has 0 radical (unpaired) electrons. The average Bonchev–Trinajstić information content (AvgIpc) is 3.76. The Labute approximate surface area is 258 Å².